The monoisotopic (exact) mass is 373 g/mol. The van der Waals surface area contributed by atoms with Crippen molar-refractivity contribution in [2.45, 2.75) is 45.6 Å². The molecule has 146 valence electrons. The van der Waals surface area contributed by atoms with Crippen LogP contribution < -0.4 is 10.1 Å². The number of carbonyl (C=O) groups excluding carboxylic acids is 1. The maximum atomic E-state index is 14.6. The van der Waals surface area contributed by atoms with Crippen LogP contribution in [0.1, 0.15) is 53.8 Å². The van der Waals surface area contributed by atoms with Crippen molar-refractivity contribution in [1.82, 2.24) is 15.1 Å². The fourth-order valence-electron chi connectivity index (χ4n) is 2.82. The molecule has 1 aromatic heterocycles. The van der Waals surface area contributed by atoms with Crippen LogP contribution in [0.2, 0.25) is 0 Å². The zero-order chi connectivity index (χ0) is 19.6. The molecule has 27 heavy (non-hydrogen) atoms. The van der Waals surface area contributed by atoms with Gasteiger partial charge < -0.3 is 10.1 Å². The fraction of sp³-hybridized carbons (Fsp3) is 0.429. The van der Waals surface area contributed by atoms with Crippen molar-refractivity contribution in [2.75, 3.05) is 6.61 Å². The van der Waals surface area contributed by atoms with E-state index in [4.69, 9.17) is 4.74 Å². The Morgan fingerprint density at radius 3 is 2.81 bits per heavy atom. The highest BCUT2D eigenvalue weighted by Gasteiger charge is 2.14. The molecule has 0 atom stereocenters. The molecule has 0 saturated heterocycles. The van der Waals surface area contributed by atoms with Crippen molar-refractivity contribution >= 4 is 5.91 Å². The summed E-state index contributed by atoms with van der Waals surface area (Å²) in [6.45, 7) is 6.09. The van der Waals surface area contributed by atoms with Crippen molar-refractivity contribution in [3.05, 3.63) is 59.7 Å². The molecule has 5 nitrogen and oxygen atoms in total. The molecule has 0 radical (unpaired) electrons. The van der Waals surface area contributed by atoms with E-state index in [1.807, 2.05) is 13.0 Å². The maximum absolute atomic E-state index is 14.6. The van der Waals surface area contributed by atoms with E-state index in [2.05, 4.69) is 17.0 Å². The van der Waals surface area contributed by atoms with Crippen LogP contribution in [0.5, 0.6) is 5.75 Å². The Balaban J connectivity index is 1.84. The number of halogens is 1. The van der Waals surface area contributed by atoms with Crippen molar-refractivity contribution < 1.29 is 13.9 Å². The van der Waals surface area contributed by atoms with E-state index in [0.717, 1.165) is 37.8 Å². The number of benzene rings is 1. The number of unbranched alkanes of at least 4 members (excludes halogenated alkanes) is 4. The number of allylic oxidation sites excluding steroid dienone is 1. The Hall–Kier alpha value is -2.63. The van der Waals surface area contributed by atoms with Gasteiger partial charge in [-0.1, -0.05) is 31.1 Å². The lowest BCUT2D eigenvalue weighted by Gasteiger charge is -2.11. The summed E-state index contributed by atoms with van der Waals surface area (Å²) in [4.78, 5) is 12.2. The summed E-state index contributed by atoms with van der Waals surface area (Å²) in [7, 11) is 1.70. The van der Waals surface area contributed by atoms with Crippen molar-refractivity contribution in [3.63, 3.8) is 0 Å². The summed E-state index contributed by atoms with van der Waals surface area (Å²) < 4.78 is 21.7. The van der Waals surface area contributed by atoms with E-state index in [9.17, 15) is 9.18 Å². The number of aryl methyl sites for hydroxylation is 2. The first-order valence-corrected chi connectivity index (χ1v) is 9.33. The molecule has 1 amide bonds. The van der Waals surface area contributed by atoms with Crippen molar-refractivity contribution in [3.8, 4) is 5.75 Å². The average Bonchev–Trinajstić information content (AvgIpc) is 2.99. The van der Waals surface area contributed by atoms with Gasteiger partial charge >= 0.3 is 0 Å². The van der Waals surface area contributed by atoms with Gasteiger partial charge in [0.1, 0.15) is 5.69 Å². The third-order valence-corrected chi connectivity index (χ3v) is 4.28. The number of hydrogen-bond donors (Lipinski definition) is 1. The fourth-order valence-corrected chi connectivity index (χ4v) is 2.82. The lowest BCUT2D eigenvalue weighted by atomic mass is 10.1. The van der Waals surface area contributed by atoms with Gasteiger partial charge in [0.05, 0.1) is 12.3 Å². The predicted octanol–water partition coefficient (Wildman–Crippen LogP) is 4.31. The van der Waals surface area contributed by atoms with Crippen LogP contribution in [0.4, 0.5) is 4.39 Å². The van der Waals surface area contributed by atoms with Crippen LogP contribution in [-0.2, 0) is 13.6 Å². The number of rotatable bonds is 11. The van der Waals surface area contributed by atoms with Gasteiger partial charge in [0.15, 0.2) is 11.6 Å². The van der Waals surface area contributed by atoms with Gasteiger partial charge in [-0.15, -0.1) is 6.58 Å². The first-order valence-electron chi connectivity index (χ1n) is 9.33. The Labute approximate surface area is 160 Å². The molecule has 0 saturated carbocycles. The topological polar surface area (TPSA) is 56.1 Å². The standard InChI is InChI=1S/C21H28FN3O2/c1-4-5-6-7-8-9-13-27-19-12-10-11-17(20(19)22)15-23-21(26)18-14-16(2)24-25(18)3/h4,10-12,14H,1,5-9,13,15H2,2-3H3,(H,23,26). The lowest BCUT2D eigenvalue weighted by Crippen LogP contribution is -2.25. The molecule has 0 fully saturated rings. The van der Waals surface area contributed by atoms with Crippen LogP contribution in [-0.4, -0.2) is 22.3 Å². The van der Waals surface area contributed by atoms with Gasteiger partial charge in [-0.2, -0.15) is 5.10 Å². The molecular formula is C21H28FN3O2. The second kappa shape index (κ2) is 10.5. The number of aromatic nitrogens is 2. The Kier molecular flexibility index (Phi) is 8.04. The normalized spacial score (nSPS) is 10.6. The molecule has 0 aliphatic carbocycles. The molecule has 0 aliphatic rings. The van der Waals surface area contributed by atoms with Crippen molar-refractivity contribution in [1.29, 1.82) is 0 Å². The lowest BCUT2D eigenvalue weighted by molar-refractivity contribution is 0.0941. The first kappa shape index (κ1) is 20.7. The molecule has 0 bridgehead atoms. The number of ether oxygens (including phenoxy) is 1. The maximum Gasteiger partial charge on any atom is 0.269 e. The molecular weight excluding hydrogens is 345 g/mol. The second-order valence-electron chi connectivity index (χ2n) is 6.55. The van der Waals surface area contributed by atoms with Crippen LogP contribution in [0.3, 0.4) is 0 Å². The highest BCUT2D eigenvalue weighted by molar-refractivity contribution is 5.92. The average molecular weight is 373 g/mol. The summed E-state index contributed by atoms with van der Waals surface area (Å²) in [5.41, 5.74) is 1.59. The predicted molar refractivity (Wildman–Crippen MR) is 104 cm³/mol. The van der Waals surface area contributed by atoms with Gasteiger partial charge in [-0.05, 0) is 38.3 Å². The van der Waals surface area contributed by atoms with Crippen molar-refractivity contribution in [2.24, 2.45) is 7.05 Å². The summed E-state index contributed by atoms with van der Waals surface area (Å²) in [6, 6.07) is 6.69. The summed E-state index contributed by atoms with van der Waals surface area (Å²) in [6.07, 6.45) is 7.14. The largest absolute Gasteiger partial charge is 0.491 e. The summed E-state index contributed by atoms with van der Waals surface area (Å²) >= 11 is 0. The zero-order valence-corrected chi connectivity index (χ0v) is 16.1. The number of nitrogens with zero attached hydrogens (tertiary/aromatic N) is 2. The first-order chi connectivity index (χ1) is 13.0. The second-order valence-corrected chi connectivity index (χ2v) is 6.55. The Morgan fingerprint density at radius 2 is 2.11 bits per heavy atom. The van der Waals surface area contributed by atoms with Gasteiger partial charge in [-0.3, -0.25) is 9.48 Å². The highest BCUT2D eigenvalue weighted by atomic mass is 19.1. The van der Waals surface area contributed by atoms with Crippen LogP contribution in [0.25, 0.3) is 0 Å². The van der Waals surface area contributed by atoms with E-state index in [1.54, 1.807) is 31.3 Å². The van der Waals surface area contributed by atoms with Crippen LogP contribution in [0.15, 0.2) is 36.9 Å². The van der Waals surface area contributed by atoms with Crippen LogP contribution in [0, 0.1) is 12.7 Å². The van der Waals surface area contributed by atoms with Gasteiger partial charge in [-0.25, -0.2) is 4.39 Å². The molecule has 0 unspecified atom stereocenters. The van der Waals surface area contributed by atoms with E-state index in [1.165, 1.54) is 4.68 Å². The number of hydrogen-bond acceptors (Lipinski definition) is 3. The Morgan fingerprint density at radius 1 is 1.33 bits per heavy atom. The molecule has 1 aromatic carbocycles. The number of carbonyl (C=O) groups is 1. The molecule has 6 heteroatoms. The quantitative estimate of drug-likeness (QED) is 0.472. The SMILES string of the molecule is C=CCCCCCCOc1cccc(CNC(=O)c2cc(C)nn2C)c1F. The third kappa shape index (κ3) is 6.24. The van der Waals surface area contributed by atoms with E-state index < -0.39 is 5.82 Å². The van der Waals surface area contributed by atoms with Gasteiger partial charge in [0.2, 0.25) is 0 Å². The summed E-state index contributed by atoms with van der Waals surface area (Å²) in [5.74, 6) is -0.488. The minimum Gasteiger partial charge on any atom is -0.491 e. The van der Waals surface area contributed by atoms with E-state index >= 15 is 0 Å². The zero-order valence-electron chi connectivity index (χ0n) is 16.1. The van der Waals surface area contributed by atoms with Gasteiger partial charge in [0.25, 0.3) is 5.91 Å². The molecule has 1 N–H and O–H groups in total. The smallest absolute Gasteiger partial charge is 0.269 e. The minimum atomic E-state index is -0.425. The van der Waals surface area contributed by atoms with Crippen LogP contribution >= 0.6 is 0 Å². The Bertz CT molecular complexity index is 771. The third-order valence-electron chi connectivity index (χ3n) is 4.28. The molecule has 2 rings (SSSR count). The molecule has 1 heterocycles. The van der Waals surface area contributed by atoms with E-state index in [-0.39, 0.29) is 18.2 Å². The number of nitrogens with one attached hydrogen (secondary N) is 1. The number of amides is 1. The molecule has 0 spiro atoms. The summed E-state index contributed by atoms with van der Waals surface area (Å²) in [5, 5.41) is 6.87. The molecule has 0 aliphatic heterocycles. The van der Waals surface area contributed by atoms with E-state index in [0.29, 0.717) is 17.9 Å². The van der Waals surface area contributed by atoms with Gasteiger partial charge in [0, 0.05) is 19.2 Å². The molecule has 2 aromatic rings. The highest BCUT2D eigenvalue weighted by Crippen LogP contribution is 2.21. The minimum absolute atomic E-state index is 0.0909.